The summed E-state index contributed by atoms with van der Waals surface area (Å²) < 4.78 is 16.6. The number of benzene rings is 2. The molecule has 1 aliphatic heterocycles. The van der Waals surface area contributed by atoms with E-state index in [9.17, 15) is 14.7 Å². The van der Waals surface area contributed by atoms with E-state index in [-0.39, 0.29) is 17.4 Å². The van der Waals surface area contributed by atoms with E-state index in [2.05, 4.69) is 0 Å². The predicted molar refractivity (Wildman–Crippen MR) is 129 cm³/mol. The van der Waals surface area contributed by atoms with Gasteiger partial charge >= 0.3 is 0 Å². The molecule has 0 saturated carbocycles. The van der Waals surface area contributed by atoms with Gasteiger partial charge in [-0.2, -0.15) is 0 Å². The first-order valence-corrected chi connectivity index (χ1v) is 11.1. The average Bonchev–Trinajstić information content (AvgIpc) is 3.06. The van der Waals surface area contributed by atoms with Crippen molar-refractivity contribution < 1.29 is 28.9 Å². The van der Waals surface area contributed by atoms with Crippen LogP contribution < -0.4 is 14.2 Å². The number of Topliss-reactive ketones (excluding diaryl/α,β-unsaturated/α-hetero) is 1. The van der Waals surface area contributed by atoms with Crippen molar-refractivity contribution in [3.05, 3.63) is 59.2 Å². The predicted octanol–water partition coefficient (Wildman–Crippen LogP) is 3.47. The van der Waals surface area contributed by atoms with Gasteiger partial charge in [0.2, 0.25) is 0 Å². The van der Waals surface area contributed by atoms with Crippen LogP contribution in [0.4, 0.5) is 0 Å². The minimum atomic E-state index is -0.836. The van der Waals surface area contributed by atoms with Crippen molar-refractivity contribution in [2.24, 2.45) is 0 Å². The van der Waals surface area contributed by atoms with Gasteiger partial charge < -0.3 is 29.1 Å². The van der Waals surface area contributed by atoms with Crippen molar-refractivity contribution in [2.75, 3.05) is 41.4 Å². The summed E-state index contributed by atoms with van der Waals surface area (Å²) >= 11 is 0. The molecule has 8 heteroatoms. The zero-order valence-electron chi connectivity index (χ0n) is 20.5. The quantitative estimate of drug-likeness (QED) is 0.342. The van der Waals surface area contributed by atoms with Crippen LogP contribution in [0.3, 0.4) is 0 Å². The molecule has 34 heavy (non-hydrogen) atoms. The van der Waals surface area contributed by atoms with E-state index in [4.69, 9.17) is 14.2 Å². The standard InChI is InChI=1S/C26H32N2O6/c1-16(2)34-18-9-7-17(8-10-18)24(29)22-23(20-15-19(32-5)11-12-21(20)33-6)28(14-13-27(3)4)26(31)25(22)30/h7-12,15-16,23,29H,13-14H2,1-6H3/b24-22-. The lowest BCUT2D eigenvalue weighted by Gasteiger charge is -2.28. The maximum atomic E-state index is 13.2. The second-order valence-corrected chi connectivity index (χ2v) is 8.59. The minimum Gasteiger partial charge on any atom is -0.507 e. The van der Waals surface area contributed by atoms with Crippen LogP contribution in [0.5, 0.6) is 17.2 Å². The summed E-state index contributed by atoms with van der Waals surface area (Å²) in [5.41, 5.74) is 0.975. The van der Waals surface area contributed by atoms with Crippen molar-refractivity contribution in [3.8, 4) is 17.2 Å². The summed E-state index contributed by atoms with van der Waals surface area (Å²) in [5, 5.41) is 11.3. The maximum Gasteiger partial charge on any atom is 0.295 e. The lowest BCUT2D eigenvalue weighted by Crippen LogP contribution is -2.35. The molecule has 1 atom stereocenters. The van der Waals surface area contributed by atoms with Crippen LogP contribution in [0.2, 0.25) is 0 Å². The Hall–Kier alpha value is -3.52. The molecule has 1 amide bonds. The van der Waals surface area contributed by atoms with Crippen LogP contribution >= 0.6 is 0 Å². The zero-order valence-corrected chi connectivity index (χ0v) is 20.5. The van der Waals surface area contributed by atoms with Crippen molar-refractivity contribution in [1.82, 2.24) is 9.80 Å². The Balaban J connectivity index is 2.17. The number of rotatable bonds is 9. The number of amides is 1. The van der Waals surface area contributed by atoms with E-state index < -0.39 is 17.7 Å². The highest BCUT2D eigenvalue weighted by Crippen LogP contribution is 2.43. The molecule has 3 rings (SSSR count). The van der Waals surface area contributed by atoms with Gasteiger partial charge in [0.1, 0.15) is 23.0 Å². The van der Waals surface area contributed by atoms with Crippen molar-refractivity contribution in [3.63, 3.8) is 0 Å². The fraction of sp³-hybridized carbons (Fsp3) is 0.385. The Morgan fingerprint density at radius 2 is 1.68 bits per heavy atom. The number of ether oxygens (including phenoxy) is 3. The number of hydrogen-bond donors (Lipinski definition) is 1. The molecule has 0 aromatic heterocycles. The topological polar surface area (TPSA) is 88.5 Å². The largest absolute Gasteiger partial charge is 0.507 e. The number of ketones is 1. The molecule has 0 aliphatic carbocycles. The summed E-state index contributed by atoms with van der Waals surface area (Å²) in [6, 6.07) is 11.1. The third-order valence-corrected chi connectivity index (χ3v) is 5.56. The molecule has 8 nitrogen and oxygen atoms in total. The van der Waals surface area contributed by atoms with Gasteiger partial charge in [0.15, 0.2) is 0 Å². The average molecular weight is 469 g/mol. The van der Waals surface area contributed by atoms with E-state index in [1.807, 2.05) is 32.8 Å². The van der Waals surface area contributed by atoms with Gasteiger partial charge in [-0.25, -0.2) is 0 Å². The van der Waals surface area contributed by atoms with Gasteiger partial charge in [-0.1, -0.05) is 0 Å². The zero-order chi connectivity index (χ0) is 25.0. The number of methoxy groups -OCH3 is 2. The molecule has 1 N–H and O–H groups in total. The van der Waals surface area contributed by atoms with Crippen molar-refractivity contribution in [2.45, 2.75) is 26.0 Å². The Bertz CT molecular complexity index is 1080. The van der Waals surface area contributed by atoms with Gasteiger partial charge in [0.25, 0.3) is 11.7 Å². The summed E-state index contributed by atoms with van der Waals surface area (Å²) in [4.78, 5) is 29.7. The van der Waals surface area contributed by atoms with Crippen molar-refractivity contribution >= 4 is 17.4 Å². The molecule has 1 unspecified atom stereocenters. The van der Waals surface area contributed by atoms with Crippen LogP contribution in [-0.4, -0.2) is 74.1 Å². The highest BCUT2D eigenvalue weighted by molar-refractivity contribution is 6.46. The Morgan fingerprint density at radius 1 is 1.03 bits per heavy atom. The Labute approximate surface area is 200 Å². The van der Waals surface area contributed by atoms with Gasteiger partial charge in [-0.3, -0.25) is 9.59 Å². The first kappa shape index (κ1) is 25.1. The summed E-state index contributed by atoms with van der Waals surface area (Å²) in [7, 11) is 6.83. The van der Waals surface area contributed by atoms with Crippen LogP contribution in [-0.2, 0) is 9.59 Å². The number of nitrogens with zero attached hydrogens (tertiary/aromatic N) is 2. The number of likely N-dealkylation sites (tertiary alicyclic amines) is 1. The van der Waals surface area contributed by atoms with E-state index in [1.165, 1.54) is 19.1 Å². The number of likely N-dealkylation sites (N-methyl/N-ethyl adjacent to an activating group) is 1. The Morgan fingerprint density at radius 3 is 2.24 bits per heavy atom. The summed E-state index contributed by atoms with van der Waals surface area (Å²) in [6.45, 7) is 4.67. The van der Waals surface area contributed by atoms with E-state index in [0.29, 0.717) is 41.5 Å². The number of hydrogen-bond acceptors (Lipinski definition) is 7. The van der Waals surface area contributed by atoms with Gasteiger partial charge in [-0.15, -0.1) is 0 Å². The van der Waals surface area contributed by atoms with E-state index >= 15 is 0 Å². The highest BCUT2D eigenvalue weighted by Gasteiger charge is 2.47. The molecular formula is C26H32N2O6. The third kappa shape index (κ3) is 5.17. The molecule has 2 aromatic carbocycles. The third-order valence-electron chi connectivity index (χ3n) is 5.56. The summed E-state index contributed by atoms with van der Waals surface area (Å²) in [6.07, 6.45) is 0.00185. The minimum absolute atomic E-state index is 0.00185. The molecule has 1 fully saturated rings. The molecule has 0 bridgehead atoms. The SMILES string of the molecule is COc1ccc(OC)c(C2/C(=C(/O)c3ccc(OC(C)C)cc3)C(=O)C(=O)N2CCN(C)C)c1. The lowest BCUT2D eigenvalue weighted by molar-refractivity contribution is -0.140. The molecule has 0 radical (unpaired) electrons. The first-order valence-electron chi connectivity index (χ1n) is 11.1. The monoisotopic (exact) mass is 468 g/mol. The number of carbonyl (C=O) groups excluding carboxylic acids is 2. The molecule has 1 aliphatic rings. The van der Waals surface area contributed by atoms with Crippen LogP contribution in [0.1, 0.15) is 31.0 Å². The van der Waals surface area contributed by atoms with Gasteiger partial charge in [0, 0.05) is 24.2 Å². The second-order valence-electron chi connectivity index (χ2n) is 8.59. The lowest BCUT2D eigenvalue weighted by atomic mass is 9.94. The van der Waals surface area contributed by atoms with Crippen LogP contribution in [0, 0.1) is 0 Å². The molecular weight excluding hydrogens is 436 g/mol. The summed E-state index contributed by atoms with van der Waals surface area (Å²) in [5.74, 6) is 0.00524. The first-order chi connectivity index (χ1) is 16.2. The van der Waals surface area contributed by atoms with E-state index in [0.717, 1.165) is 0 Å². The molecule has 0 spiro atoms. The molecule has 182 valence electrons. The van der Waals surface area contributed by atoms with Gasteiger partial charge in [0.05, 0.1) is 31.9 Å². The Kier molecular flexibility index (Phi) is 7.83. The van der Waals surface area contributed by atoms with Crippen LogP contribution in [0.25, 0.3) is 5.76 Å². The maximum absolute atomic E-state index is 13.2. The number of carbonyl (C=O) groups is 2. The highest BCUT2D eigenvalue weighted by atomic mass is 16.5. The van der Waals surface area contributed by atoms with E-state index in [1.54, 1.807) is 42.5 Å². The smallest absolute Gasteiger partial charge is 0.295 e. The number of aliphatic hydroxyl groups is 1. The van der Waals surface area contributed by atoms with Crippen LogP contribution in [0.15, 0.2) is 48.0 Å². The second kappa shape index (κ2) is 10.6. The normalized spacial score (nSPS) is 17.5. The molecule has 2 aromatic rings. The van der Waals surface area contributed by atoms with Gasteiger partial charge in [-0.05, 0) is 70.4 Å². The fourth-order valence-corrected chi connectivity index (χ4v) is 3.91. The molecule has 1 heterocycles. The fourth-order valence-electron chi connectivity index (χ4n) is 3.91. The number of aliphatic hydroxyl groups excluding tert-OH is 1. The van der Waals surface area contributed by atoms with Crippen molar-refractivity contribution in [1.29, 1.82) is 0 Å². The molecule has 1 saturated heterocycles.